The highest BCUT2D eigenvalue weighted by molar-refractivity contribution is 8.01. The average Bonchev–Trinajstić information content (AvgIpc) is 3.34. The molecule has 0 unspecified atom stereocenters. The van der Waals surface area contributed by atoms with Crippen LogP contribution in [-0.4, -0.2) is 37.4 Å². The van der Waals surface area contributed by atoms with Crippen molar-refractivity contribution < 1.29 is 13.9 Å². The van der Waals surface area contributed by atoms with Crippen LogP contribution in [0.2, 0.25) is 0 Å². The van der Waals surface area contributed by atoms with Gasteiger partial charge in [-0.2, -0.15) is 0 Å². The minimum atomic E-state index is -0.390. The van der Waals surface area contributed by atoms with Crippen LogP contribution in [0.3, 0.4) is 0 Å². The Bertz CT molecular complexity index is 813. The van der Waals surface area contributed by atoms with Crippen molar-refractivity contribution in [3.05, 3.63) is 53.5 Å². The van der Waals surface area contributed by atoms with E-state index in [0.717, 1.165) is 6.54 Å². The zero-order chi connectivity index (χ0) is 19.3. The molecule has 7 heteroatoms. The highest BCUT2D eigenvalue weighted by Gasteiger charge is 2.43. The predicted molar refractivity (Wildman–Crippen MR) is 107 cm³/mol. The summed E-state index contributed by atoms with van der Waals surface area (Å²) < 4.78 is 10.6. The van der Waals surface area contributed by atoms with Gasteiger partial charge in [0.05, 0.1) is 13.7 Å². The fourth-order valence-corrected chi connectivity index (χ4v) is 4.02. The van der Waals surface area contributed by atoms with Gasteiger partial charge in [0.25, 0.3) is 0 Å². The summed E-state index contributed by atoms with van der Waals surface area (Å²) in [6.07, 6.45) is 2.38. The number of carbonyl (C=O) groups is 1. The van der Waals surface area contributed by atoms with Gasteiger partial charge in [0.2, 0.25) is 0 Å². The van der Waals surface area contributed by atoms with Crippen molar-refractivity contribution in [2.24, 2.45) is 4.99 Å². The van der Waals surface area contributed by atoms with E-state index in [4.69, 9.17) is 9.15 Å². The van der Waals surface area contributed by atoms with Crippen molar-refractivity contribution in [3.63, 3.8) is 0 Å². The molecular formula is C20H25N3O3S. The van der Waals surface area contributed by atoms with E-state index in [1.54, 1.807) is 20.0 Å². The maximum absolute atomic E-state index is 11.7. The van der Waals surface area contributed by atoms with Crippen molar-refractivity contribution in [1.29, 1.82) is 0 Å². The first-order chi connectivity index (χ1) is 13.0. The molecule has 27 heavy (non-hydrogen) atoms. The van der Waals surface area contributed by atoms with Crippen LogP contribution in [-0.2, 0) is 11.3 Å². The summed E-state index contributed by atoms with van der Waals surface area (Å²) in [5.41, 5.74) is 0.452. The Labute approximate surface area is 163 Å². The number of methoxy groups -OCH3 is 1. The zero-order valence-electron chi connectivity index (χ0n) is 15.9. The number of furan rings is 1. The Morgan fingerprint density at radius 3 is 2.67 bits per heavy atom. The van der Waals surface area contributed by atoms with Crippen LogP contribution < -0.4 is 10.6 Å². The first kappa shape index (κ1) is 19.4. The summed E-state index contributed by atoms with van der Waals surface area (Å²) in [6, 6.07) is 12.2. The highest BCUT2D eigenvalue weighted by atomic mass is 32.2. The third-order valence-electron chi connectivity index (χ3n) is 4.49. The van der Waals surface area contributed by atoms with E-state index < -0.39 is 5.97 Å². The molecule has 0 radical (unpaired) electrons. The molecule has 0 bridgehead atoms. The summed E-state index contributed by atoms with van der Waals surface area (Å²) in [5, 5.41) is 6.63. The van der Waals surface area contributed by atoms with Crippen molar-refractivity contribution >= 4 is 23.7 Å². The van der Waals surface area contributed by atoms with Crippen LogP contribution in [0.25, 0.3) is 0 Å². The standard InChI is InChI=1S/C20H25N3O3S/c1-14-17(18(24)25-3)11-15(26-14)12-22-19(21-2)23-13-20(9-10-20)27-16-7-5-4-6-8-16/h4-8,11H,9-10,12-13H2,1-3H3,(H2,21,22,23). The van der Waals surface area contributed by atoms with Gasteiger partial charge in [-0.25, -0.2) is 4.79 Å². The number of benzene rings is 1. The molecule has 0 saturated heterocycles. The fraction of sp³-hybridized carbons (Fsp3) is 0.400. The maximum atomic E-state index is 11.7. The Hall–Kier alpha value is -2.41. The summed E-state index contributed by atoms with van der Waals surface area (Å²) in [5.74, 6) is 1.54. The molecule has 1 heterocycles. The second kappa shape index (κ2) is 8.52. The van der Waals surface area contributed by atoms with Gasteiger partial charge in [-0.05, 0) is 38.0 Å². The third-order valence-corrected chi connectivity index (χ3v) is 5.98. The molecule has 0 spiro atoms. The topological polar surface area (TPSA) is 75.9 Å². The first-order valence-corrected chi connectivity index (χ1v) is 9.73. The number of aryl methyl sites for hydroxylation is 1. The van der Waals surface area contributed by atoms with E-state index in [1.165, 1.54) is 24.8 Å². The molecule has 1 aliphatic carbocycles. The van der Waals surface area contributed by atoms with E-state index in [-0.39, 0.29) is 4.75 Å². The van der Waals surface area contributed by atoms with Gasteiger partial charge in [0.1, 0.15) is 17.1 Å². The van der Waals surface area contributed by atoms with Gasteiger partial charge in [0, 0.05) is 23.2 Å². The van der Waals surface area contributed by atoms with Crippen LogP contribution in [0, 0.1) is 6.92 Å². The number of rotatable bonds is 7. The van der Waals surface area contributed by atoms with Gasteiger partial charge in [-0.15, -0.1) is 11.8 Å². The molecule has 0 amide bonds. The number of nitrogens with one attached hydrogen (secondary N) is 2. The molecular weight excluding hydrogens is 362 g/mol. The molecule has 1 fully saturated rings. The van der Waals surface area contributed by atoms with Gasteiger partial charge in [-0.1, -0.05) is 18.2 Å². The molecule has 1 aromatic heterocycles. The van der Waals surface area contributed by atoms with Gasteiger partial charge < -0.3 is 19.8 Å². The average molecular weight is 388 g/mol. The first-order valence-electron chi connectivity index (χ1n) is 8.91. The summed E-state index contributed by atoms with van der Waals surface area (Å²) >= 11 is 1.92. The molecule has 1 aromatic carbocycles. The number of hydrogen-bond acceptors (Lipinski definition) is 5. The number of nitrogens with zero attached hydrogens (tertiary/aromatic N) is 1. The summed E-state index contributed by atoms with van der Waals surface area (Å²) in [4.78, 5) is 17.2. The fourth-order valence-electron chi connectivity index (χ4n) is 2.77. The van der Waals surface area contributed by atoms with E-state index >= 15 is 0 Å². The zero-order valence-corrected chi connectivity index (χ0v) is 16.7. The minimum Gasteiger partial charge on any atom is -0.465 e. The lowest BCUT2D eigenvalue weighted by Crippen LogP contribution is -2.40. The largest absolute Gasteiger partial charge is 0.465 e. The Morgan fingerprint density at radius 2 is 2.04 bits per heavy atom. The second-order valence-corrected chi connectivity index (χ2v) is 8.09. The molecule has 144 valence electrons. The number of thioether (sulfide) groups is 1. The Balaban J connectivity index is 1.51. The Kier molecular flexibility index (Phi) is 6.11. The monoisotopic (exact) mass is 387 g/mol. The van der Waals surface area contributed by atoms with E-state index in [1.807, 2.05) is 17.8 Å². The quantitative estimate of drug-likeness (QED) is 0.431. The van der Waals surface area contributed by atoms with E-state index in [0.29, 0.717) is 29.6 Å². The number of ether oxygens (including phenoxy) is 1. The normalized spacial score (nSPS) is 15.3. The van der Waals surface area contributed by atoms with Crippen molar-refractivity contribution in [3.8, 4) is 0 Å². The molecule has 0 atom stereocenters. The smallest absolute Gasteiger partial charge is 0.341 e. The molecule has 1 saturated carbocycles. The van der Waals surface area contributed by atoms with Crippen LogP contribution in [0.4, 0.5) is 0 Å². The van der Waals surface area contributed by atoms with Crippen LogP contribution in [0.5, 0.6) is 0 Å². The van der Waals surface area contributed by atoms with Crippen LogP contribution in [0.15, 0.2) is 50.7 Å². The molecule has 6 nitrogen and oxygen atoms in total. The number of carbonyl (C=O) groups excluding carboxylic acids is 1. The lowest BCUT2D eigenvalue weighted by molar-refractivity contribution is 0.0599. The molecule has 2 aromatic rings. The van der Waals surface area contributed by atoms with Crippen molar-refractivity contribution in [1.82, 2.24) is 10.6 Å². The predicted octanol–water partition coefficient (Wildman–Crippen LogP) is 3.36. The maximum Gasteiger partial charge on any atom is 0.341 e. The number of aliphatic imine (C=N–C) groups is 1. The van der Waals surface area contributed by atoms with E-state index in [9.17, 15) is 4.79 Å². The van der Waals surface area contributed by atoms with Crippen LogP contribution >= 0.6 is 11.8 Å². The third kappa shape index (κ3) is 5.07. The summed E-state index contributed by atoms with van der Waals surface area (Å²) in [6.45, 7) is 3.04. The van der Waals surface area contributed by atoms with Crippen LogP contribution in [0.1, 0.15) is 34.7 Å². The minimum absolute atomic E-state index is 0.234. The number of hydrogen-bond donors (Lipinski definition) is 2. The summed E-state index contributed by atoms with van der Waals surface area (Å²) in [7, 11) is 3.10. The molecule has 3 rings (SSSR count). The second-order valence-electron chi connectivity index (χ2n) is 6.55. The van der Waals surface area contributed by atoms with Gasteiger partial charge in [0.15, 0.2) is 5.96 Å². The Morgan fingerprint density at radius 1 is 1.30 bits per heavy atom. The van der Waals surface area contributed by atoms with Crippen molar-refractivity contribution in [2.75, 3.05) is 20.7 Å². The molecule has 1 aliphatic rings. The lowest BCUT2D eigenvalue weighted by atomic mass is 10.2. The van der Waals surface area contributed by atoms with Gasteiger partial charge >= 0.3 is 5.97 Å². The molecule has 0 aliphatic heterocycles. The van der Waals surface area contributed by atoms with Crippen molar-refractivity contribution in [2.45, 2.75) is 36.0 Å². The SMILES string of the molecule is CN=C(NCc1cc(C(=O)OC)c(C)o1)NCC1(Sc2ccccc2)CC1. The lowest BCUT2D eigenvalue weighted by Gasteiger charge is -2.18. The highest BCUT2D eigenvalue weighted by Crippen LogP contribution is 2.51. The number of esters is 1. The number of guanidine groups is 1. The molecule has 2 N–H and O–H groups in total. The van der Waals surface area contributed by atoms with Gasteiger partial charge in [-0.3, -0.25) is 4.99 Å². The van der Waals surface area contributed by atoms with E-state index in [2.05, 4.69) is 39.9 Å².